The van der Waals surface area contributed by atoms with Crippen molar-refractivity contribution in [1.82, 2.24) is 5.32 Å². The molecule has 0 spiro atoms. The van der Waals surface area contributed by atoms with Gasteiger partial charge in [0, 0.05) is 12.2 Å². The highest BCUT2D eigenvalue weighted by atomic mass is 16.5. The molecule has 1 aromatic rings. The summed E-state index contributed by atoms with van der Waals surface area (Å²) in [6, 6.07) is 9.20. The van der Waals surface area contributed by atoms with Crippen LogP contribution in [-0.4, -0.2) is 31.2 Å². The lowest BCUT2D eigenvalue weighted by Gasteiger charge is -2.14. The van der Waals surface area contributed by atoms with Gasteiger partial charge in [-0.1, -0.05) is 18.2 Å². The zero-order valence-electron chi connectivity index (χ0n) is 11.3. The SMILES string of the molecule is CC(C)OCCNC(C)C(=O)Nc1ccccc1. The molecule has 100 valence electrons. The Morgan fingerprint density at radius 2 is 1.89 bits per heavy atom. The van der Waals surface area contributed by atoms with E-state index in [2.05, 4.69) is 10.6 Å². The van der Waals surface area contributed by atoms with Gasteiger partial charge >= 0.3 is 0 Å². The molecule has 0 aromatic heterocycles. The minimum absolute atomic E-state index is 0.0363. The Kier molecular flexibility index (Phi) is 6.39. The van der Waals surface area contributed by atoms with Crippen molar-refractivity contribution >= 4 is 11.6 Å². The number of carbonyl (C=O) groups excluding carboxylic acids is 1. The molecule has 0 saturated heterocycles. The second-order valence-electron chi connectivity index (χ2n) is 4.45. The highest BCUT2D eigenvalue weighted by Crippen LogP contribution is 2.05. The molecule has 0 bridgehead atoms. The van der Waals surface area contributed by atoms with Crippen LogP contribution in [0.2, 0.25) is 0 Å². The van der Waals surface area contributed by atoms with Crippen molar-refractivity contribution in [3.05, 3.63) is 30.3 Å². The fourth-order valence-electron chi connectivity index (χ4n) is 1.43. The van der Waals surface area contributed by atoms with Crippen molar-refractivity contribution in [1.29, 1.82) is 0 Å². The van der Waals surface area contributed by atoms with Gasteiger partial charge in [0.25, 0.3) is 0 Å². The largest absolute Gasteiger partial charge is 0.377 e. The first-order valence-corrected chi connectivity index (χ1v) is 6.30. The molecule has 0 aliphatic rings. The summed E-state index contributed by atoms with van der Waals surface area (Å²) in [6.07, 6.45) is 0.222. The summed E-state index contributed by atoms with van der Waals surface area (Å²) in [4.78, 5) is 11.8. The molecule has 0 saturated carbocycles. The molecule has 4 nitrogen and oxygen atoms in total. The van der Waals surface area contributed by atoms with Crippen LogP contribution in [-0.2, 0) is 9.53 Å². The van der Waals surface area contributed by atoms with Crippen molar-refractivity contribution < 1.29 is 9.53 Å². The quantitative estimate of drug-likeness (QED) is 0.728. The molecular formula is C14H22N2O2. The molecule has 0 radical (unpaired) electrons. The zero-order chi connectivity index (χ0) is 13.4. The number of carbonyl (C=O) groups is 1. The van der Waals surface area contributed by atoms with E-state index < -0.39 is 0 Å². The molecule has 0 fully saturated rings. The molecule has 0 aliphatic carbocycles. The van der Waals surface area contributed by atoms with Crippen molar-refractivity contribution in [3.8, 4) is 0 Å². The van der Waals surface area contributed by atoms with E-state index in [0.29, 0.717) is 13.2 Å². The van der Waals surface area contributed by atoms with Crippen LogP contribution in [0.4, 0.5) is 5.69 Å². The Balaban J connectivity index is 2.25. The van der Waals surface area contributed by atoms with Crippen molar-refractivity contribution in [2.24, 2.45) is 0 Å². The molecule has 1 unspecified atom stereocenters. The average Bonchev–Trinajstić information content (AvgIpc) is 2.35. The Labute approximate surface area is 109 Å². The van der Waals surface area contributed by atoms with Gasteiger partial charge in [0.2, 0.25) is 5.91 Å². The minimum atomic E-state index is -0.235. The first-order valence-electron chi connectivity index (χ1n) is 6.30. The fraction of sp³-hybridized carbons (Fsp3) is 0.500. The van der Waals surface area contributed by atoms with Crippen molar-refractivity contribution in [3.63, 3.8) is 0 Å². The Bertz CT molecular complexity index is 352. The smallest absolute Gasteiger partial charge is 0.241 e. The first-order chi connectivity index (χ1) is 8.59. The highest BCUT2D eigenvalue weighted by molar-refractivity contribution is 5.94. The van der Waals surface area contributed by atoms with Gasteiger partial charge in [-0.2, -0.15) is 0 Å². The lowest BCUT2D eigenvalue weighted by atomic mass is 10.2. The maximum atomic E-state index is 11.8. The normalized spacial score (nSPS) is 12.4. The van der Waals surface area contributed by atoms with Gasteiger partial charge in [-0.3, -0.25) is 4.79 Å². The molecule has 2 N–H and O–H groups in total. The van der Waals surface area contributed by atoms with E-state index in [-0.39, 0.29) is 18.1 Å². The number of amides is 1. The highest BCUT2D eigenvalue weighted by Gasteiger charge is 2.11. The second-order valence-corrected chi connectivity index (χ2v) is 4.45. The lowest BCUT2D eigenvalue weighted by Crippen LogP contribution is -2.39. The molecule has 1 rings (SSSR count). The van der Waals surface area contributed by atoms with E-state index in [9.17, 15) is 4.79 Å². The van der Waals surface area contributed by atoms with Crippen LogP contribution in [0.25, 0.3) is 0 Å². The number of nitrogens with one attached hydrogen (secondary N) is 2. The predicted octanol–water partition coefficient (Wildman–Crippen LogP) is 2.03. The van der Waals surface area contributed by atoms with Crippen LogP contribution in [0.15, 0.2) is 30.3 Å². The van der Waals surface area contributed by atoms with Gasteiger partial charge in [-0.25, -0.2) is 0 Å². The first kappa shape index (κ1) is 14.7. The number of para-hydroxylation sites is 1. The number of ether oxygens (including phenoxy) is 1. The van der Waals surface area contributed by atoms with E-state index >= 15 is 0 Å². The van der Waals surface area contributed by atoms with Gasteiger partial charge in [0.15, 0.2) is 0 Å². The van der Waals surface area contributed by atoms with E-state index in [0.717, 1.165) is 5.69 Å². The molecule has 0 heterocycles. The fourth-order valence-corrected chi connectivity index (χ4v) is 1.43. The van der Waals surface area contributed by atoms with Crippen LogP contribution >= 0.6 is 0 Å². The number of benzene rings is 1. The van der Waals surface area contributed by atoms with E-state index in [1.54, 1.807) is 0 Å². The summed E-state index contributed by atoms with van der Waals surface area (Å²) in [5.41, 5.74) is 0.814. The summed E-state index contributed by atoms with van der Waals surface area (Å²) in [5, 5.41) is 5.97. The average molecular weight is 250 g/mol. The Morgan fingerprint density at radius 1 is 1.22 bits per heavy atom. The van der Waals surface area contributed by atoms with Gasteiger partial charge in [0.05, 0.1) is 18.8 Å². The monoisotopic (exact) mass is 250 g/mol. The third-order valence-electron chi connectivity index (χ3n) is 2.44. The summed E-state index contributed by atoms with van der Waals surface area (Å²) < 4.78 is 5.40. The summed E-state index contributed by atoms with van der Waals surface area (Å²) in [7, 11) is 0. The van der Waals surface area contributed by atoms with Gasteiger partial charge in [0.1, 0.15) is 0 Å². The van der Waals surface area contributed by atoms with E-state index in [1.165, 1.54) is 0 Å². The molecule has 1 atom stereocenters. The van der Waals surface area contributed by atoms with Crippen molar-refractivity contribution in [2.45, 2.75) is 32.9 Å². The number of rotatable bonds is 7. The van der Waals surface area contributed by atoms with Crippen molar-refractivity contribution in [2.75, 3.05) is 18.5 Å². The number of hydrogen-bond acceptors (Lipinski definition) is 3. The molecule has 1 amide bonds. The standard InChI is InChI=1S/C14H22N2O2/c1-11(2)18-10-9-15-12(3)14(17)16-13-7-5-4-6-8-13/h4-8,11-12,15H,9-10H2,1-3H3,(H,16,17). The molecule has 0 aliphatic heterocycles. The number of anilines is 1. The topological polar surface area (TPSA) is 50.4 Å². The van der Waals surface area contributed by atoms with Gasteiger partial charge in [-0.05, 0) is 32.9 Å². The second kappa shape index (κ2) is 7.84. The van der Waals surface area contributed by atoms with Crippen LogP contribution < -0.4 is 10.6 Å². The van der Waals surface area contributed by atoms with Crippen LogP contribution in [0.1, 0.15) is 20.8 Å². The van der Waals surface area contributed by atoms with Crippen LogP contribution in [0.5, 0.6) is 0 Å². The minimum Gasteiger partial charge on any atom is -0.377 e. The van der Waals surface area contributed by atoms with Gasteiger partial charge in [-0.15, -0.1) is 0 Å². The Hall–Kier alpha value is -1.39. The van der Waals surface area contributed by atoms with Crippen LogP contribution in [0, 0.1) is 0 Å². The molecule has 1 aromatic carbocycles. The van der Waals surface area contributed by atoms with Gasteiger partial charge < -0.3 is 15.4 Å². The predicted molar refractivity (Wildman–Crippen MR) is 73.6 cm³/mol. The number of hydrogen-bond donors (Lipinski definition) is 2. The third kappa shape index (κ3) is 5.80. The maximum Gasteiger partial charge on any atom is 0.241 e. The Morgan fingerprint density at radius 3 is 2.50 bits per heavy atom. The third-order valence-corrected chi connectivity index (χ3v) is 2.44. The van der Waals surface area contributed by atoms with Crippen LogP contribution in [0.3, 0.4) is 0 Å². The zero-order valence-corrected chi connectivity index (χ0v) is 11.3. The summed E-state index contributed by atoms with van der Waals surface area (Å²) in [6.45, 7) is 7.10. The van der Waals surface area contributed by atoms with E-state index in [1.807, 2.05) is 51.1 Å². The lowest BCUT2D eigenvalue weighted by molar-refractivity contribution is -0.117. The van der Waals surface area contributed by atoms with E-state index in [4.69, 9.17) is 4.74 Å². The summed E-state index contributed by atoms with van der Waals surface area (Å²) in [5.74, 6) is -0.0363. The molecule has 4 heteroatoms. The maximum absolute atomic E-state index is 11.8. The molecular weight excluding hydrogens is 228 g/mol. The summed E-state index contributed by atoms with van der Waals surface area (Å²) >= 11 is 0. The molecule has 18 heavy (non-hydrogen) atoms.